The molecule has 3 heterocycles. The maximum atomic E-state index is 12.6. The molecule has 0 unspecified atom stereocenters. The van der Waals surface area contributed by atoms with Gasteiger partial charge >= 0.3 is 6.18 Å². The van der Waals surface area contributed by atoms with E-state index >= 15 is 0 Å². The summed E-state index contributed by atoms with van der Waals surface area (Å²) in [5.74, 6) is 0.293. The van der Waals surface area contributed by atoms with Gasteiger partial charge in [-0.3, -0.25) is 4.79 Å². The monoisotopic (exact) mass is 354 g/mol. The van der Waals surface area contributed by atoms with Crippen LogP contribution in [-0.2, 0) is 17.5 Å². The molecule has 0 spiro atoms. The summed E-state index contributed by atoms with van der Waals surface area (Å²) in [6.07, 6.45) is 0.871. The van der Waals surface area contributed by atoms with Gasteiger partial charge in [-0.15, -0.1) is 0 Å². The SMILES string of the molecule is O=C(Cn1cncn1)N[C@@H]1CCCN(c2ccc(C(F)(F)F)cn2)C1. The highest BCUT2D eigenvalue weighted by molar-refractivity contribution is 5.76. The topological polar surface area (TPSA) is 75.9 Å². The normalized spacial score (nSPS) is 18.2. The second-order valence-electron chi connectivity index (χ2n) is 5.85. The Morgan fingerprint density at radius 3 is 2.84 bits per heavy atom. The van der Waals surface area contributed by atoms with Gasteiger partial charge in [0.25, 0.3) is 0 Å². The zero-order chi connectivity index (χ0) is 17.9. The minimum absolute atomic E-state index is 0.0784. The van der Waals surface area contributed by atoms with Crippen molar-refractivity contribution in [2.24, 2.45) is 0 Å². The number of piperidine rings is 1. The molecule has 0 radical (unpaired) electrons. The second kappa shape index (κ2) is 7.08. The molecular weight excluding hydrogens is 337 g/mol. The number of hydrogen-bond acceptors (Lipinski definition) is 5. The van der Waals surface area contributed by atoms with Crippen LogP contribution in [0.5, 0.6) is 0 Å². The quantitative estimate of drug-likeness (QED) is 0.900. The van der Waals surface area contributed by atoms with Crippen LogP contribution in [0.3, 0.4) is 0 Å². The molecule has 2 aromatic heterocycles. The number of nitrogens with zero attached hydrogens (tertiary/aromatic N) is 5. The van der Waals surface area contributed by atoms with Gasteiger partial charge in [0.1, 0.15) is 25.0 Å². The maximum absolute atomic E-state index is 12.6. The van der Waals surface area contributed by atoms with Crippen molar-refractivity contribution in [2.75, 3.05) is 18.0 Å². The molecule has 2 aromatic rings. The van der Waals surface area contributed by atoms with Crippen molar-refractivity contribution in [1.29, 1.82) is 0 Å². The number of hydrogen-bond donors (Lipinski definition) is 1. The molecule has 25 heavy (non-hydrogen) atoms. The summed E-state index contributed by atoms with van der Waals surface area (Å²) >= 11 is 0. The lowest BCUT2D eigenvalue weighted by Crippen LogP contribution is -2.48. The van der Waals surface area contributed by atoms with Crippen molar-refractivity contribution in [3.63, 3.8) is 0 Å². The second-order valence-corrected chi connectivity index (χ2v) is 5.85. The number of rotatable bonds is 4. The fourth-order valence-electron chi connectivity index (χ4n) is 2.78. The first-order chi connectivity index (χ1) is 11.9. The number of pyridine rings is 1. The van der Waals surface area contributed by atoms with Gasteiger partial charge in [0.05, 0.1) is 5.56 Å². The van der Waals surface area contributed by atoms with Crippen molar-refractivity contribution >= 4 is 11.7 Å². The summed E-state index contributed by atoms with van der Waals surface area (Å²) in [7, 11) is 0. The Morgan fingerprint density at radius 2 is 2.20 bits per heavy atom. The van der Waals surface area contributed by atoms with Gasteiger partial charge in [-0.05, 0) is 25.0 Å². The van der Waals surface area contributed by atoms with E-state index < -0.39 is 11.7 Å². The summed E-state index contributed by atoms with van der Waals surface area (Å²) in [5, 5.41) is 6.79. The van der Waals surface area contributed by atoms with Crippen LogP contribution >= 0.6 is 0 Å². The van der Waals surface area contributed by atoms with E-state index in [1.165, 1.54) is 23.4 Å². The molecule has 1 aliphatic rings. The Labute approximate surface area is 141 Å². The first kappa shape index (κ1) is 17.2. The van der Waals surface area contributed by atoms with E-state index in [1.807, 2.05) is 4.90 Å². The highest BCUT2D eigenvalue weighted by Gasteiger charge is 2.31. The number of anilines is 1. The molecule has 10 heteroatoms. The van der Waals surface area contributed by atoms with Crippen molar-refractivity contribution in [2.45, 2.75) is 31.6 Å². The lowest BCUT2D eigenvalue weighted by molar-refractivity contribution is -0.137. The molecule has 0 bridgehead atoms. The Kier molecular flexibility index (Phi) is 4.86. The molecule has 0 saturated carbocycles. The third kappa shape index (κ3) is 4.46. The predicted molar refractivity (Wildman–Crippen MR) is 82.6 cm³/mol. The van der Waals surface area contributed by atoms with Crippen LogP contribution in [0.15, 0.2) is 31.0 Å². The van der Waals surface area contributed by atoms with Crippen molar-refractivity contribution in [3.8, 4) is 0 Å². The number of nitrogens with one attached hydrogen (secondary N) is 1. The molecule has 1 atom stereocenters. The number of amides is 1. The lowest BCUT2D eigenvalue weighted by Gasteiger charge is -2.34. The van der Waals surface area contributed by atoms with Gasteiger partial charge in [0, 0.05) is 25.3 Å². The fourth-order valence-corrected chi connectivity index (χ4v) is 2.78. The molecule has 3 rings (SSSR count). The molecule has 1 amide bonds. The first-order valence-electron chi connectivity index (χ1n) is 7.82. The van der Waals surface area contributed by atoms with Crippen LogP contribution in [-0.4, -0.2) is 44.8 Å². The minimum Gasteiger partial charge on any atom is -0.355 e. The smallest absolute Gasteiger partial charge is 0.355 e. The Hall–Kier alpha value is -2.65. The number of alkyl halides is 3. The molecule has 1 aliphatic heterocycles. The van der Waals surface area contributed by atoms with E-state index in [0.29, 0.717) is 18.9 Å². The Balaban J connectivity index is 1.58. The first-order valence-corrected chi connectivity index (χ1v) is 7.82. The number of aromatic nitrogens is 4. The summed E-state index contributed by atoms with van der Waals surface area (Å²) < 4.78 is 39.3. The lowest BCUT2D eigenvalue weighted by atomic mass is 10.1. The molecule has 7 nitrogen and oxygen atoms in total. The van der Waals surface area contributed by atoms with Gasteiger partial charge < -0.3 is 10.2 Å². The third-order valence-electron chi connectivity index (χ3n) is 3.96. The van der Waals surface area contributed by atoms with Crippen molar-refractivity contribution in [1.82, 2.24) is 25.1 Å². The summed E-state index contributed by atoms with van der Waals surface area (Å²) in [6, 6.07) is 2.30. The van der Waals surface area contributed by atoms with Gasteiger partial charge in [-0.1, -0.05) is 0 Å². The van der Waals surface area contributed by atoms with Crippen LogP contribution in [0.1, 0.15) is 18.4 Å². The van der Waals surface area contributed by atoms with Crippen LogP contribution in [0, 0.1) is 0 Å². The van der Waals surface area contributed by atoms with Crippen molar-refractivity contribution < 1.29 is 18.0 Å². The maximum Gasteiger partial charge on any atom is 0.417 e. The zero-order valence-corrected chi connectivity index (χ0v) is 13.3. The predicted octanol–water partition coefficient (Wildman–Crippen LogP) is 1.48. The minimum atomic E-state index is -4.40. The zero-order valence-electron chi connectivity index (χ0n) is 13.3. The molecule has 0 aliphatic carbocycles. The van der Waals surface area contributed by atoms with E-state index in [0.717, 1.165) is 25.1 Å². The van der Waals surface area contributed by atoms with E-state index in [1.54, 1.807) is 0 Å². The molecule has 1 fully saturated rings. The Bertz CT molecular complexity index is 701. The standard InChI is InChI=1S/C15H17F3N6O/c16-15(17,18)11-3-4-13(20-6-11)23-5-1-2-12(7-23)22-14(25)8-24-10-19-9-21-24/h3-4,6,9-10,12H,1-2,5,7-8H2,(H,22,25)/t12-/m1/s1. The highest BCUT2D eigenvalue weighted by atomic mass is 19.4. The number of halogens is 3. The largest absolute Gasteiger partial charge is 0.417 e. The third-order valence-corrected chi connectivity index (χ3v) is 3.96. The summed E-state index contributed by atoms with van der Waals surface area (Å²) in [5.41, 5.74) is -0.772. The van der Waals surface area contributed by atoms with E-state index in [4.69, 9.17) is 0 Å². The fraction of sp³-hybridized carbons (Fsp3) is 0.467. The number of carbonyl (C=O) groups is 1. The van der Waals surface area contributed by atoms with Crippen LogP contribution in [0.2, 0.25) is 0 Å². The average Bonchev–Trinajstić information content (AvgIpc) is 3.07. The molecule has 134 valence electrons. The van der Waals surface area contributed by atoms with Gasteiger partial charge in [0.2, 0.25) is 5.91 Å². The Morgan fingerprint density at radius 1 is 1.36 bits per heavy atom. The van der Waals surface area contributed by atoms with E-state index in [-0.39, 0.29) is 18.5 Å². The highest BCUT2D eigenvalue weighted by Crippen LogP contribution is 2.29. The van der Waals surface area contributed by atoms with Gasteiger partial charge in [0.15, 0.2) is 0 Å². The van der Waals surface area contributed by atoms with Gasteiger partial charge in [-0.25, -0.2) is 14.6 Å². The molecule has 1 N–H and O–H groups in total. The van der Waals surface area contributed by atoms with Gasteiger partial charge in [-0.2, -0.15) is 18.3 Å². The van der Waals surface area contributed by atoms with Crippen molar-refractivity contribution in [3.05, 3.63) is 36.5 Å². The molecular formula is C15H17F3N6O. The van der Waals surface area contributed by atoms with Crippen LogP contribution < -0.4 is 10.2 Å². The molecule has 0 aromatic carbocycles. The molecule has 1 saturated heterocycles. The van der Waals surface area contributed by atoms with Crippen LogP contribution in [0.4, 0.5) is 19.0 Å². The summed E-state index contributed by atoms with van der Waals surface area (Å²) in [6.45, 7) is 1.27. The van der Waals surface area contributed by atoms with E-state index in [9.17, 15) is 18.0 Å². The number of carbonyl (C=O) groups excluding carboxylic acids is 1. The van der Waals surface area contributed by atoms with E-state index in [2.05, 4.69) is 20.4 Å². The van der Waals surface area contributed by atoms with Crippen LogP contribution in [0.25, 0.3) is 0 Å². The summed E-state index contributed by atoms with van der Waals surface area (Å²) in [4.78, 5) is 21.6. The average molecular weight is 354 g/mol.